The fourth-order valence-corrected chi connectivity index (χ4v) is 3.08. The highest BCUT2D eigenvalue weighted by Crippen LogP contribution is 2.24. The highest BCUT2D eigenvalue weighted by Gasteiger charge is 2.20. The Hall–Kier alpha value is -0.590. The van der Waals surface area contributed by atoms with Crippen LogP contribution < -0.4 is 9.88 Å². The van der Waals surface area contributed by atoms with Gasteiger partial charge < -0.3 is 4.74 Å². The van der Waals surface area contributed by atoms with E-state index in [1.54, 1.807) is 0 Å². The molecular formula is C13H20BrNO3S. The molecule has 0 bridgehead atoms. The Morgan fingerprint density at radius 2 is 2.00 bits per heavy atom. The Balaban J connectivity index is 2.74. The van der Waals surface area contributed by atoms with Crippen molar-refractivity contribution in [2.24, 2.45) is 17.0 Å². The molecule has 1 atom stereocenters. The van der Waals surface area contributed by atoms with Gasteiger partial charge in [-0.25, -0.2) is 13.6 Å². The van der Waals surface area contributed by atoms with E-state index in [2.05, 4.69) is 15.9 Å². The van der Waals surface area contributed by atoms with Gasteiger partial charge in [-0.2, -0.15) is 0 Å². The van der Waals surface area contributed by atoms with Crippen LogP contribution in [-0.4, -0.2) is 20.8 Å². The first kappa shape index (κ1) is 16.5. The first-order chi connectivity index (χ1) is 8.69. The summed E-state index contributed by atoms with van der Waals surface area (Å²) < 4.78 is 29.1. The molecule has 108 valence electrons. The predicted octanol–water partition coefficient (Wildman–Crippen LogP) is 2.70. The summed E-state index contributed by atoms with van der Waals surface area (Å²) in [7, 11) is -3.48. The van der Waals surface area contributed by atoms with Crippen LogP contribution >= 0.6 is 15.9 Å². The van der Waals surface area contributed by atoms with Gasteiger partial charge in [0.1, 0.15) is 5.75 Å². The van der Waals surface area contributed by atoms with Gasteiger partial charge in [0.15, 0.2) is 0 Å². The molecule has 0 fully saturated rings. The van der Waals surface area contributed by atoms with Crippen molar-refractivity contribution >= 4 is 26.0 Å². The minimum Gasteiger partial charge on any atom is -0.493 e. The molecule has 0 saturated heterocycles. The average molecular weight is 350 g/mol. The maximum Gasteiger partial charge on any atom is 0.209 e. The number of benzene rings is 1. The second-order valence-electron chi connectivity index (χ2n) is 5.05. The summed E-state index contributed by atoms with van der Waals surface area (Å²) in [6, 6.07) is 5.76. The molecule has 1 unspecified atom stereocenters. The van der Waals surface area contributed by atoms with E-state index in [1.165, 1.54) is 0 Å². The number of primary sulfonamides is 1. The summed E-state index contributed by atoms with van der Waals surface area (Å²) in [5, 5.41) is 5.11. The van der Waals surface area contributed by atoms with E-state index in [0.717, 1.165) is 15.8 Å². The lowest BCUT2D eigenvalue weighted by atomic mass is 9.99. The van der Waals surface area contributed by atoms with Gasteiger partial charge in [-0.15, -0.1) is 0 Å². The van der Waals surface area contributed by atoms with Gasteiger partial charge in [0.05, 0.1) is 12.4 Å². The molecule has 0 aromatic heterocycles. The lowest BCUT2D eigenvalue weighted by Gasteiger charge is -2.21. The molecule has 0 aliphatic rings. The van der Waals surface area contributed by atoms with Crippen LogP contribution in [0, 0.1) is 18.8 Å². The van der Waals surface area contributed by atoms with E-state index < -0.39 is 10.0 Å². The molecule has 6 heteroatoms. The van der Waals surface area contributed by atoms with E-state index in [0.29, 0.717) is 6.61 Å². The zero-order valence-corrected chi connectivity index (χ0v) is 13.8. The summed E-state index contributed by atoms with van der Waals surface area (Å²) in [5.74, 6) is 0.770. The van der Waals surface area contributed by atoms with Crippen molar-refractivity contribution < 1.29 is 13.2 Å². The third kappa shape index (κ3) is 5.93. The van der Waals surface area contributed by atoms with Crippen LogP contribution in [0.1, 0.15) is 19.4 Å². The summed E-state index contributed by atoms with van der Waals surface area (Å²) in [6.45, 7) is 6.22. The highest BCUT2D eigenvalue weighted by atomic mass is 79.9. The number of nitrogens with two attached hydrogens (primary N) is 1. The quantitative estimate of drug-likeness (QED) is 0.858. The van der Waals surface area contributed by atoms with Crippen molar-refractivity contribution in [1.82, 2.24) is 0 Å². The molecule has 0 aliphatic carbocycles. The van der Waals surface area contributed by atoms with Crippen molar-refractivity contribution in [3.05, 3.63) is 28.2 Å². The van der Waals surface area contributed by atoms with Gasteiger partial charge in [0, 0.05) is 10.4 Å². The minimum absolute atomic E-state index is 0.0578. The van der Waals surface area contributed by atoms with Gasteiger partial charge in [0.25, 0.3) is 0 Å². The second-order valence-corrected chi connectivity index (χ2v) is 7.63. The summed E-state index contributed by atoms with van der Waals surface area (Å²) in [5.41, 5.74) is 1.02. The Morgan fingerprint density at radius 1 is 1.37 bits per heavy atom. The molecule has 0 aliphatic heterocycles. The van der Waals surface area contributed by atoms with E-state index in [9.17, 15) is 8.42 Å². The van der Waals surface area contributed by atoms with Gasteiger partial charge in [0.2, 0.25) is 10.0 Å². The van der Waals surface area contributed by atoms with Crippen molar-refractivity contribution in [2.45, 2.75) is 20.8 Å². The third-order valence-corrected chi connectivity index (χ3v) is 4.38. The standard InChI is InChI=1S/C13H20BrNO3S/c1-9(2)11(8-19(15,16)17)7-18-13-6-12(14)5-4-10(13)3/h4-6,9,11H,7-8H2,1-3H3,(H2,15,16,17). The lowest BCUT2D eigenvalue weighted by molar-refractivity contribution is 0.223. The smallest absolute Gasteiger partial charge is 0.209 e. The molecule has 2 N–H and O–H groups in total. The molecule has 1 aromatic carbocycles. The van der Waals surface area contributed by atoms with E-state index in [1.807, 2.05) is 39.0 Å². The second kappa shape index (κ2) is 6.72. The van der Waals surface area contributed by atoms with E-state index in [4.69, 9.17) is 9.88 Å². The van der Waals surface area contributed by atoms with Crippen LogP contribution in [0.25, 0.3) is 0 Å². The fourth-order valence-electron chi connectivity index (χ4n) is 1.66. The van der Waals surface area contributed by atoms with Crippen molar-refractivity contribution in [3.63, 3.8) is 0 Å². The number of ether oxygens (including phenoxy) is 1. The third-order valence-electron chi connectivity index (χ3n) is 2.99. The Kier molecular flexibility index (Phi) is 5.82. The van der Waals surface area contributed by atoms with Gasteiger partial charge in [-0.3, -0.25) is 0 Å². The number of sulfonamides is 1. The maximum absolute atomic E-state index is 11.2. The van der Waals surface area contributed by atoms with Gasteiger partial charge in [-0.1, -0.05) is 35.8 Å². The minimum atomic E-state index is -3.48. The number of hydrogen-bond acceptors (Lipinski definition) is 3. The topological polar surface area (TPSA) is 69.4 Å². The Labute approximate surface area is 123 Å². The number of halogens is 1. The SMILES string of the molecule is Cc1ccc(Br)cc1OCC(CS(N)(=O)=O)C(C)C. The van der Waals surface area contributed by atoms with Crippen molar-refractivity contribution in [3.8, 4) is 5.75 Å². The largest absolute Gasteiger partial charge is 0.493 e. The molecule has 19 heavy (non-hydrogen) atoms. The number of hydrogen-bond donors (Lipinski definition) is 1. The summed E-state index contributed by atoms with van der Waals surface area (Å²) in [4.78, 5) is 0. The zero-order valence-electron chi connectivity index (χ0n) is 11.4. The average Bonchev–Trinajstić information content (AvgIpc) is 2.26. The van der Waals surface area contributed by atoms with Crippen LogP contribution in [0.2, 0.25) is 0 Å². The predicted molar refractivity (Wildman–Crippen MR) is 80.7 cm³/mol. The van der Waals surface area contributed by atoms with Crippen molar-refractivity contribution in [2.75, 3.05) is 12.4 Å². The Bertz CT molecular complexity index is 529. The molecule has 1 rings (SSSR count). The van der Waals surface area contributed by atoms with Crippen molar-refractivity contribution in [1.29, 1.82) is 0 Å². The number of aryl methyl sites for hydroxylation is 1. The Morgan fingerprint density at radius 3 is 2.53 bits per heavy atom. The summed E-state index contributed by atoms with van der Waals surface area (Å²) >= 11 is 3.39. The van der Waals surface area contributed by atoms with Gasteiger partial charge in [-0.05, 0) is 30.5 Å². The molecule has 1 aromatic rings. The summed E-state index contributed by atoms with van der Waals surface area (Å²) in [6.07, 6.45) is 0. The first-order valence-corrected chi connectivity index (χ1v) is 8.59. The van der Waals surface area contributed by atoms with Crippen LogP contribution in [0.4, 0.5) is 0 Å². The fraction of sp³-hybridized carbons (Fsp3) is 0.538. The molecule has 0 radical (unpaired) electrons. The molecule has 4 nitrogen and oxygen atoms in total. The highest BCUT2D eigenvalue weighted by molar-refractivity contribution is 9.10. The van der Waals surface area contributed by atoms with Gasteiger partial charge >= 0.3 is 0 Å². The number of rotatable bonds is 6. The van der Waals surface area contributed by atoms with Crippen LogP contribution in [0.3, 0.4) is 0 Å². The first-order valence-electron chi connectivity index (χ1n) is 6.08. The van der Waals surface area contributed by atoms with E-state index in [-0.39, 0.29) is 17.6 Å². The zero-order chi connectivity index (χ0) is 14.6. The molecule has 0 heterocycles. The van der Waals surface area contributed by atoms with Crippen LogP contribution in [0.5, 0.6) is 5.75 Å². The van der Waals surface area contributed by atoms with Crippen LogP contribution in [0.15, 0.2) is 22.7 Å². The van der Waals surface area contributed by atoms with Crippen LogP contribution in [-0.2, 0) is 10.0 Å². The molecular weight excluding hydrogens is 330 g/mol. The van der Waals surface area contributed by atoms with E-state index >= 15 is 0 Å². The molecule has 0 amide bonds. The maximum atomic E-state index is 11.2. The molecule has 0 saturated carbocycles. The monoisotopic (exact) mass is 349 g/mol. The lowest BCUT2D eigenvalue weighted by Crippen LogP contribution is -2.30. The molecule has 0 spiro atoms. The normalized spacial score (nSPS) is 13.6.